The summed E-state index contributed by atoms with van der Waals surface area (Å²) in [7, 11) is 0. The van der Waals surface area contributed by atoms with Crippen LogP contribution >= 0.6 is 0 Å². The van der Waals surface area contributed by atoms with Crippen LogP contribution in [-0.2, 0) is 13.1 Å². The van der Waals surface area contributed by atoms with Gasteiger partial charge in [0.25, 0.3) is 0 Å². The van der Waals surface area contributed by atoms with Crippen LogP contribution in [0.25, 0.3) is 5.65 Å². The molecule has 0 radical (unpaired) electrons. The molecular weight excluding hydrogens is 252 g/mol. The maximum atomic E-state index is 4.40. The van der Waals surface area contributed by atoms with E-state index in [1.807, 2.05) is 46.8 Å². The molecule has 0 aliphatic heterocycles. The van der Waals surface area contributed by atoms with Gasteiger partial charge in [0, 0.05) is 49.0 Å². The first kappa shape index (κ1) is 12.8. The lowest BCUT2D eigenvalue weighted by atomic mass is 10.3. The van der Waals surface area contributed by atoms with E-state index in [0.29, 0.717) is 6.04 Å². The topological polar surface area (TPSA) is 60.0 Å². The Morgan fingerprint density at radius 1 is 1.40 bits per heavy atom. The summed E-state index contributed by atoms with van der Waals surface area (Å²) in [5, 5.41) is 12.0. The molecule has 1 N–H and O–H groups in total. The number of aryl methyl sites for hydroxylation is 1. The number of aromatic nitrogens is 5. The van der Waals surface area contributed by atoms with E-state index < -0.39 is 0 Å². The van der Waals surface area contributed by atoms with Crippen LogP contribution in [0.4, 0.5) is 0 Å². The zero-order valence-corrected chi connectivity index (χ0v) is 11.7. The van der Waals surface area contributed by atoms with Gasteiger partial charge in [-0.15, -0.1) is 0 Å². The third-order valence-corrected chi connectivity index (χ3v) is 3.16. The van der Waals surface area contributed by atoms with Crippen LogP contribution in [0.15, 0.2) is 36.9 Å². The monoisotopic (exact) mass is 270 g/mol. The third-order valence-electron chi connectivity index (χ3n) is 3.16. The van der Waals surface area contributed by atoms with Crippen molar-refractivity contribution in [1.29, 1.82) is 0 Å². The van der Waals surface area contributed by atoms with E-state index in [2.05, 4.69) is 27.4 Å². The fourth-order valence-electron chi connectivity index (χ4n) is 2.17. The van der Waals surface area contributed by atoms with Crippen molar-refractivity contribution in [2.24, 2.45) is 0 Å². The van der Waals surface area contributed by atoms with Gasteiger partial charge in [0.1, 0.15) is 0 Å². The predicted octanol–water partition coefficient (Wildman–Crippen LogP) is 1.41. The Labute approximate surface area is 117 Å². The lowest BCUT2D eigenvalue weighted by Gasteiger charge is -2.13. The summed E-state index contributed by atoms with van der Waals surface area (Å²) in [5.74, 6) is 0. The second-order valence-corrected chi connectivity index (χ2v) is 5.06. The molecule has 0 fully saturated rings. The number of nitrogens with one attached hydrogen (secondary N) is 1. The van der Waals surface area contributed by atoms with Crippen LogP contribution in [0.2, 0.25) is 0 Å². The van der Waals surface area contributed by atoms with E-state index in [4.69, 9.17) is 0 Å². The summed E-state index contributed by atoms with van der Waals surface area (Å²) < 4.78 is 3.75. The molecule has 3 rings (SSSR count). The molecule has 3 aromatic rings. The molecule has 0 aliphatic rings. The number of rotatable bonds is 5. The van der Waals surface area contributed by atoms with E-state index in [0.717, 1.165) is 30.0 Å². The van der Waals surface area contributed by atoms with Gasteiger partial charge >= 0.3 is 0 Å². The van der Waals surface area contributed by atoms with Crippen LogP contribution in [0, 0.1) is 6.92 Å². The fourth-order valence-corrected chi connectivity index (χ4v) is 2.17. The predicted molar refractivity (Wildman–Crippen MR) is 76.3 cm³/mol. The van der Waals surface area contributed by atoms with Gasteiger partial charge in [0.05, 0.1) is 12.2 Å². The van der Waals surface area contributed by atoms with Gasteiger partial charge in [-0.3, -0.25) is 4.68 Å². The summed E-state index contributed by atoms with van der Waals surface area (Å²) >= 11 is 0. The van der Waals surface area contributed by atoms with Gasteiger partial charge < -0.3 is 5.32 Å². The van der Waals surface area contributed by atoms with Crippen molar-refractivity contribution in [1.82, 2.24) is 29.7 Å². The lowest BCUT2D eigenvalue weighted by molar-refractivity contribution is 0.450. The first-order valence-corrected chi connectivity index (χ1v) is 6.72. The SMILES string of the molecule is Cc1cc2ncc(CNC(C)Cn3cccn3)cn2n1. The van der Waals surface area contributed by atoms with Gasteiger partial charge in [-0.05, 0) is 19.9 Å². The lowest BCUT2D eigenvalue weighted by Crippen LogP contribution is -2.30. The van der Waals surface area contributed by atoms with Crippen molar-refractivity contribution >= 4 is 5.65 Å². The standard InChI is InChI=1S/C14H18N6/c1-11-6-14-16-8-13(10-20(14)18-11)7-15-12(2)9-19-5-3-4-17-19/h3-6,8,10,12,15H,7,9H2,1-2H3. The van der Waals surface area contributed by atoms with Crippen LogP contribution < -0.4 is 5.32 Å². The Morgan fingerprint density at radius 2 is 2.30 bits per heavy atom. The minimum Gasteiger partial charge on any atom is -0.308 e. The number of nitrogens with zero attached hydrogens (tertiary/aromatic N) is 5. The van der Waals surface area contributed by atoms with Gasteiger partial charge in [-0.2, -0.15) is 10.2 Å². The molecule has 104 valence electrons. The molecule has 1 unspecified atom stereocenters. The maximum absolute atomic E-state index is 4.40. The Balaban J connectivity index is 1.61. The smallest absolute Gasteiger partial charge is 0.155 e. The molecule has 20 heavy (non-hydrogen) atoms. The molecule has 6 heteroatoms. The van der Waals surface area contributed by atoms with E-state index >= 15 is 0 Å². The van der Waals surface area contributed by atoms with E-state index in [1.54, 1.807) is 6.20 Å². The summed E-state index contributed by atoms with van der Waals surface area (Å²) in [6.07, 6.45) is 7.68. The quantitative estimate of drug-likeness (QED) is 0.761. The van der Waals surface area contributed by atoms with E-state index in [-0.39, 0.29) is 0 Å². The molecule has 0 bridgehead atoms. The molecule has 3 aromatic heterocycles. The molecule has 0 spiro atoms. The second kappa shape index (κ2) is 5.42. The molecule has 6 nitrogen and oxygen atoms in total. The Kier molecular flexibility index (Phi) is 3.47. The molecule has 0 aliphatic carbocycles. The maximum Gasteiger partial charge on any atom is 0.155 e. The summed E-state index contributed by atoms with van der Waals surface area (Å²) in [5.41, 5.74) is 2.98. The number of hydrogen-bond donors (Lipinski definition) is 1. The molecule has 0 amide bonds. The van der Waals surface area contributed by atoms with Crippen molar-refractivity contribution in [3.63, 3.8) is 0 Å². The third kappa shape index (κ3) is 2.85. The molecule has 0 saturated heterocycles. The summed E-state index contributed by atoms with van der Waals surface area (Å²) in [4.78, 5) is 4.40. The molecule has 0 saturated carbocycles. The second-order valence-electron chi connectivity index (χ2n) is 5.06. The van der Waals surface area contributed by atoms with Gasteiger partial charge in [-0.1, -0.05) is 0 Å². The van der Waals surface area contributed by atoms with Crippen LogP contribution in [-0.4, -0.2) is 30.4 Å². The minimum atomic E-state index is 0.338. The first-order chi connectivity index (χ1) is 9.70. The highest BCUT2D eigenvalue weighted by Crippen LogP contribution is 2.05. The van der Waals surface area contributed by atoms with Gasteiger partial charge in [0.15, 0.2) is 5.65 Å². The van der Waals surface area contributed by atoms with E-state index in [9.17, 15) is 0 Å². The van der Waals surface area contributed by atoms with E-state index in [1.165, 1.54) is 0 Å². The highest BCUT2D eigenvalue weighted by Gasteiger charge is 2.05. The Bertz CT molecular complexity index is 685. The molecule has 0 aromatic carbocycles. The summed E-state index contributed by atoms with van der Waals surface area (Å²) in [6, 6.07) is 4.24. The average molecular weight is 270 g/mol. The fraction of sp³-hybridized carbons (Fsp3) is 0.357. The highest BCUT2D eigenvalue weighted by molar-refractivity contribution is 5.38. The molecule has 1 atom stereocenters. The highest BCUT2D eigenvalue weighted by atomic mass is 15.3. The van der Waals surface area contributed by atoms with Crippen molar-refractivity contribution in [3.8, 4) is 0 Å². The Morgan fingerprint density at radius 3 is 3.10 bits per heavy atom. The van der Waals surface area contributed by atoms with Crippen LogP contribution in [0.3, 0.4) is 0 Å². The first-order valence-electron chi connectivity index (χ1n) is 6.72. The molecule has 3 heterocycles. The number of fused-ring (bicyclic) bond motifs is 1. The van der Waals surface area contributed by atoms with Gasteiger partial charge in [-0.25, -0.2) is 9.50 Å². The minimum absolute atomic E-state index is 0.338. The Hall–Kier alpha value is -2.21. The van der Waals surface area contributed by atoms with Crippen molar-refractivity contribution < 1.29 is 0 Å². The zero-order valence-electron chi connectivity index (χ0n) is 11.7. The zero-order chi connectivity index (χ0) is 13.9. The van der Waals surface area contributed by atoms with Crippen molar-refractivity contribution in [2.45, 2.75) is 33.0 Å². The average Bonchev–Trinajstić information content (AvgIpc) is 3.04. The largest absolute Gasteiger partial charge is 0.308 e. The van der Waals surface area contributed by atoms with Gasteiger partial charge in [0.2, 0.25) is 0 Å². The molecular formula is C14H18N6. The normalized spacial score (nSPS) is 12.9. The van der Waals surface area contributed by atoms with Crippen LogP contribution in [0.5, 0.6) is 0 Å². The number of hydrogen-bond acceptors (Lipinski definition) is 4. The van der Waals surface area contributed by atoms with Crippen molar-refractivity contribution in [2.75, 3.05) is 0 Å². The van der Waals surface area contributed by atoms with Crippen LogP contribution in [0.1, 0.15) is 18.2 Å². The summed E-state index contributed by atoms with van der Waals surface area (Å²) in [6.45, 7) is 5.73. The van der Waals surface area contributed by atoms with Crippen molar-refractivity contribution in [3.05, 3.63) is 48.2 Å².